The molecule has 2 amide bonds. The number of amides is 2. The van der Waals surface area contributed by atoms with Crippen molar-refractivity contribution in [2.45, 2.75) is 45.1 Å². The molecule has 1 heterocycles. The van der Waals surface area contributed by atoms with Crippen LogP contribution < -0.4 is 0 Å². The first-order chi connectivity index (χ1) is 9.92. The normalized spacial score (nSPS) is 22.3. The zero-order valence-corrected chi connectivity index (χ0v) is 12.6. The summed E-state index contributed by atoms with van der Waals surface area (Å²) in [5, 5.41) is 10.7. The Bertz CT molecular complexity index is 602. The molecule has 1 unspecified atom stereocenters. The fraction of sp³-hybridized carbons (Fsp3) is 0.529. The number of hydrogen-bond acceptors (Lipinski definition) is 3. The van der Waals surface area contributed by atoms with Crippen molar-refractivity contribution in [3.8, 4) is 0 Å². The summed E-state index contributed by atoms with van der Waals surface area (Å²) in [7, 11) is 1.51. The molecule has 1 aliphatic carbocycles. The molecule has 1 aromatic rings. The maximum Gasteiger partial charge on any atom is 0.260 e. The molecule has 4 heteroatoms. The van der Waals surface area contributed by atoms with Crippen LogP contribution in [0.15, 0.2) is 18.2 Å². The van der Waals surface area contributed by atoms with Crippen molar-refractivity contribution in [1.29, 1.82) is 0 Å². The Morgan fingerprint density at radius 3 is 2.57 bits per heavy atom. The highest BCUT2D eigenvalue weighted by Gasteiger charge is 2.37. The molecule has 1 aromatic carbocycles. The Morgan fingerprint density at radius 1 is 1.24 bits per heavy atom. The highest BCUT2D eigenvalue weighted by molar-refractivity contribution is 6.09. The van der Waals surface area contributed by atoms with E-state index in [0.29, 0.717) is 5.56 Å². The molecule has 0 aromatic heterocycles. The first kappa shape index (κ1) is 14.3. The summed E-state index contributed by atoms with van der Waals surface area (Å²) in [6.07, 6.45) is 4.02. The van der Waals surface area contributed by atoms with E-state index in [0.717, 1.165) is 41.7 Å². The van der Waals surface area contributed by atoms with Gasteiger partial charge in [0.25, 0.3) is 5.91 Å². The van der Waals surface area contributed by atoms with Crippen molar-refractivity contribution in [2.24, 2.45) is 5.41 Å². The Morgan fingerprint density at radius 2 is 1.90 bits per heavy atom. The number of fused-ring (bicyclic) bond motifs is 1. The predicted octanol–water partition coefficient (Wildman–Crippen LogP) is 2.46. The van der Waals surface area contributed by atoms with Gasteiger partial charge in [-0.2, -0.15) is 0 Å². The minimum Gasteiger partial charge on any atom is -0.388 e. The number of imide groups is 1. The monoisotopic (exact) mass is 287 g/mol. The van der Waals surface area contributed by atoms with E-state index in [9.17, 15) is 14.7 Å². The van der Waals surface area contributed by atoms with Crippen LogP contribution in [-0.4, -0.2) is 28.9 Å². The topological polar surface area (TPSA) is 57.6 Å². The molecular weight excluding hydrogens is 266 g/mol. The average Bonchev–Trinajstić information content (AvgIpc) is 2.92. The zero-order chi connectivity index (χ0) is 15.2. The molecule has 0 radical (unpaired) electrons. The highest BCUT2D eigenvalue weighted by atomic mass is 16.3. The molecule has 21 heavy (non-hydrogen) atoms. The Balaban J connectivity index is 1.96. The number of aliphatic hydroxyl groups excluding tert-OH is 1. The van der Waals surface area contributed by atoms with Gasteiger partial charge in [0.1, 0.15) is 0 Å². The maximum absolute atomic E-state index is 12.2. The molecule has 2 aliphatic rings. The largest absolute Gasteiger partial charge is 0.388 e. The summed E-state index contributed by atoms with van der Waals surface area (Å²) >= 11 is 0. The summed E-state index contributed by atoms with van der Waals surface area (Å²) < 4.78 is 0. The lowest BCUT2D eigenvalue weighted by Crippen LogP contribution is -2.39. The van der Waals surface area contributed by atoms with Crippen molar-refractivity contribution >= 4 is 11.8 Å². The van der Waals surface area contributed by atoms with Gasteiger partial charge in [0.05, 0.1) is 12.5 Å². The van der Waals surface area contributed by atoms with Gasteiger partial charge in [0.15, 0.2) is 0 Å². The number of rotatable bonds is 2. The fourth-order valence-electron chi connectivity index (χ4n) is 3.55. The van der Waals surface area contributed by atoms with E-state index in [1.807, 2.05) is 12.1 Å². The van der Waals surface area contributed by atoms with E-state index < -0.39 is 6.10 Å². The van der Waals surface area contributed by atoms with Crippen LogP contribution >= 0.6 is 0 Å². The summed E-state index contributed by atoms with van der Waals surface area (Å²) in [6.45, 7) is 2.11. The smallest absolute Gasteiger partial charge is 0.260 e. The fourth-order valence-corrected chi connectivity index (χ4v) is 3.55. The average molecular weight is 287 g/mol. The third kappa shape index (κ3) is 2.27. The first-order valence-electron chi connectivity index (χ1n) is 7.54. The third-order valence-electron chi connectivity index (χ3n) is 5.11. The lowest BCUT2D eigenvalue weighted by molar-refractivity contribution is -0.127. The van der Waals surface area contributed by atoms with Gasteiger partial charge in [0.2, 0.25) is 5.91 Å². The summed E-state index contributed by atoms with van der Waals surface area (Å²) in [4.78, 5) is 25.1. The molecule has 0 bridgehead atoms. The van der Waals surface area contributed by atoms with Crippen LogP contribution in [0.4, 0.5) is 0 Å². The van der Waals surface area contributed by atoms with E-state index >= 15 is 0 Å². The zero-order valence-electron chi connectivity index (χ0n) is 12.6. The quantitative estimate of drug-likeness (QED) is 0.850. The SMILES string of the molecule is CN1C(=O)Cc2ccc(C(O)C3(C)CCCC3)cc2C1=O. The number of aliphatic hydroxyl groups is 1. The molecule has 4 nitrogen and oxygen atoms in total. The number of nitrogens with zero attached hydrogens (tertiary/aromatic N) is 1. The van der Waals surface area contributed by atoms with Crippen molar-refractivity contribution in [2.75, 3.05) is 7.05 Å². The van der Waals surface area contributed by atoms with Crippen molar-refractivity contribution < 1.29 is 14.7 Å². The Kier molecular flexibility index (Phi) is 3.36. The number of carbonyl (C=O) groups is 2. The molecular formula is C17H21NO3. The second-order valence-electron chi connectivity index (χ2n) is 6.61. The molecule has 3 rings (SSSR count). The van der Waals surface area contributed by atoms with Crippen LogP contribution in [0.5, 0.6) is 0 Å². The van der Waals surface area contributed by atoms with Gasteiger partial charge in [-0.15, -0.1) is 0 Å². The van der Waals surface area contributed by atoms with Crippen molar-refractivity contribution in [3.63, 3.8) is 0 Å². The number of carbonyl (C=O) groups excluding carboxylic acids is 2. The van der Waals surface area contributed by atoms with Crippen LogP contribution in [-0.2, 0) is 11.2 Å². The first-order valence-corrected chi connectivity index (χ1v) is 7.54. The van der Waals surface area contributed by atoms with Crippen LogP contribution in [0.3, 0.4) is 0 Å². The number of hydrogen-bond donors (Lipinski definition) is 1. The third-order valence-corrected chi connectivity index (χ3v) is 5.11. The summed E-state index contributed by atoms with van der Waals surface area (Å²) in [6, 6.07) is 5.45. The molecule has 1 saturated carbocycles. The van der Waals surface area contributed by atoms with Crippen LogP contribution in [0.25, 0.3) is 0 Å². The van der Waals surface area contributed by atoms with E-state index in [-0.39, 0.29) is 23.7 Å². The second kappa shape index (κ2) is 4.95. The second-order valence-corrected chi connectivity index (χ2v) is 6.61. The molecule has 1 N–H and O–H groups in total. The molecule has 0 spiro atoms. The van der Waals surface area contributed by atoms with Crippen molar-refractivity contribution in [1.82, 2.24) is 4.90 Å². The standard InChI is InChI=1S/C17H21NO3/c1-17(7-3-4-8-17)15(20)12-6-5-11-10-14(19)18(2)16(21)13(11)9-12/h5-6,9,15,20H,3-4,7-8,10H2,1-2H3. The number of benzene rings is 1. The Hall–Kier alpha value is -1.68. The Labute approximate surface area is 124 Å². The molecule has 112 valence electrons. The van der Waals surface area contributed by atoms with Gasteiger partial charge in [0, 0.05) is 12.6 Å². The van der Waals surface area contributed by atoms with Gasteiger partial charge in [-0.05, 0) is 35.4 Å². The molecule has 1 atom stereocenters. The van der Waals surface area contributed by atoms with Gasteiger partial charge in [-0.25, -0.2) is 0 Å². The van der Waals surface area contributed by atoms with Crippen LogP contribution in [0.1, 0.15) is 60.2 Å². The lowest BCUT2D eigenvalue weighted by Gasteiger charge is -2.31. The molecule has 0 saturated heterocycles. The molecule has 1 fully saturated rings. The summed E-state index contributed by atoms with van der Waals surface area (Å²) in [5.41, 5.74) is 1.99. The van der Waals surface area contributed by atoms with E-state index in [2.05, 4.69) is 6.92 Å². The van der Waals surface area contributed by atoms with Crippen LogP contribution in [0.2, 0.25) is 0 Å². The maximum atomic E-state index is 12.2. The van der Waals surface area contributed by atoms with E-state index in [4.69, 9.17) is 0 Å². The number of likely N-dealkylation sites (N-methyl/N-ethyl adjacent to an activating group) is 1. The van der Waals surface area contributed by atoms with Crippen LogP contribution in [0, 0.1) is 5.41 Å². The predicted molar refractivity (Wildman–Crippen MR) is 78.8 cm³/mol. The minimum absolute atomic E-state index is 0.103. The van der Waals surface area contributed by atoms with Gasteiger partial charge < -0.3 is 5.11 Å². The van der Waals surface area contributed by atoms with Crippen molar-refractivity contribution in [3.05, 3.63) is 34.9 Å². The van der Waals surface area contributed by atoms with Gasteiger partial charge in [-0.1, -0.05) is 31.9 Å². The van der Waals surface area contributed by atoms with E-state index in [1.54, 1.807) is 6.07 Å². The minimum atomic E-state index is -0.555. The molecule has 1 aliphatic heterocycles. The van der Waals surface area contributed by atoms with Gasteiger partial charge >= 0.3 is 0 Å². The van der Waals surface area contributed by atoms with Gasteiger partial charge in [-0.3, -0.25) is 14.5 Å². The summed E-state index contributed by atoms with van der Waals surface area (Å²) in [5.74, 6) is -0.449. The van der Waals surface area contributed by atoms with E-state index in [1.165, 1.54) is 7.05 Å². The highest BCUT2D eigenvalue weighted by Crippen LogP contribution is 2.47. The lowest BCUT2D eigenvalue weighted by atomic mass is 9.78.